The molecule has 0 saturated carbocycles. The van der Waals surface area contributed by atoms with Crippen LogP contribution in [0.25, 0.3) is 0 Å². The summed E-state index contributed by atoms with van der Waals surface area (Å²) in [6.45, 7) is 1.19. The zero-order chi connectivity index (χ0) is 15.2. The number of hydrogen-bond donors (Lipinski definition) is 4. The number of rotatable bonds is 7. The number of aliphatic carboxylic acids is 1. The van der Waals surface area contributed by atoms with E-state index in [2.05, 4.69) is 10.6 Å². The SMILES string of the molecule is C[C@H](N)C(=O)NCNC(=O)C[C@@H](C(=O)O)S(C)(=O)=O. The van der Waals surface area contributed by atoms with Crippen molar-refractivity contribution >= 4 is 27.6 Å². The summed E-state index contributed by atoms with van der Waals surface area (Å²) in [5.41, 5.74) is 5.25. The van der Waals surface area contributed by atoms with E-state index < -0.39 is 45.3 Å². The molecule has 0 unspecified atom stereocenters. The number of carboxylic acids is 1. The van der Waals surface area contributed by atoms with Gasteiger partial charge in [0.05, 0.1) is 19.1 Å². The van der Waals surface area contributed by atoms with Crippen LogP contribution in [0.5, 0.6) is 0 Å². The molecule has 5 N–H and O–H groups in total. The van der Waals surface area contributed by atoms with E-state index in [-0.39, 0.29) is 6.67 Å². The second-order valence-electron chi connectivity index (χ2n) is 3.97. The van der Waals surface area contributed by atoms with Gasteiger partial charge in [0.25, 0.3) is 0 Å². The Morgan fingerprint density at radius 3 is 2.16 bits per heavy atom. The van der Waals surface area contributed by atoms with Gasteiger partial charge in [-0.3, -0.25) is 14.4 Å². The molecule has 110 valence electrons. The van der Waals surface area contributed by atoms with E-state index in [1.807, 2.05) is 0 Å². The fourth-order valence-corrected chi connectivity index (χ4v) is 1.87. The van der Waals surface area contributed by atoms with Crippen molar-refractivity contribution in [2.75, 3.05) is 12.9 Å². The maximum absolute atomic E-state index is 11.3. The molecular formula is C9H17N3O6S. The average molecular weight is 295 g/mol. The molecule has 0 radical (unpaired) electrons. The molecule has 0 rings (SSSR count). The fraction of sp³-hybridized carbons (Fsp3) is 0.667. The minimum absolute atomic E-state index is 0.255. The van der Waals surface area contributed by atoms with E-state index in [0.29, 0.717) is 0 Å². The Labute approximate surface area is 110 Å². The first-order chi connectivity index (χ1) is 8.55. The molecule has 0 heterocycles. The van der Waals surface area contributed by atoms with Gasteiger partial charge >= 0.3 is 5.97 Å². The molecule has 19 heavy (non-hydrogen) atoms. The lowest BCUT2D eigenvalue weighted by atomic mass is 10.3. The van der Waals surface area contributed by atoms with Crippen molar-refractivity contribution in [2.45, 2.75) is 24.6 Å². The molecule has 2 amide bonds. The molecule has 0 spiro atoms. The van der Waals surface area contributed by atoms with Crippen LogP contribution in [0.2, 0.25) is 0 Å². The quantitative estimate of drug-likeness (QED) is 0.375. The van der Waals surface area contributed by atoms with E-state index in [0.717, 1.165) is 6.26 Å². The number of carbonyl (C=O) groups is 3. The van der Waals surface area contributed by atoms with Gasteiger partial charge in [-0.05, 0) is 6.92 Å². The van der Waals surface area contributed by atoms with Crippen LogP contribution >= 0.6 is 0 Å². The third kappa shape index (κ3) is 6.72. The summed E-state index contributed by atoms with van der Waals surface area (Å²) in [6, 6.07) is -0.750. The molecular weight excluding hydrogens is 278 g/mol. The average Bonchev–Trinajstić information content (AvgIpc) is 2.23. The predicted molar refractivity (Wildman–Crippen MR) is 65.7 cm³/mol. The Bertz CT molecular complexity index is 459. The van der Waals surface area contributed by atoms with Crippen LogP contribution in [-0.2, 0) is 24.2 Å². The van der Waals surface area contributed by atoms with Crippen molar-refractivity contribution in [3.8, 4) is 0 Å². The first kappa shape index (κ1) is 17.3. The summed E-state index contributed by atoms with van der Waals surface area (Å²) in [4.78, 5) is 33.1. The van der Waals surface area contributed by atoms with Crippen LogP contribution < -0.4 is 16.4 Å². The van der Waals surface area contributed by atoms with Crippen molar-refractivity contribution in [1.82, 2.24) is 10.6 Å². The minimum Gasteiger partial charge on any atom is -0.480 e. The van der Waals surface area contributed by atoms with Crippen LogP contribution in [0.15, 0.2) is 0 Å². The Balaban J connectivity index is 4.31. The second kappa shape index (κ2) is 7.04. The standard InChI is InChI=1S/C9H17N3O6S/c1-5(10)8(14)12-4-11-7(13)3-6(9(15)16)19(2,17)18/h5-6H,3-4,10H2,1-2H3,(H,11,13)(H,12,14)(H,15,16)/t5-,6-/m0/s1. The predicted octanol–water partition coefficient (Wildman–Crippen LogP) is -2.59. The molecule has 0 bridgehead atoms. The molecule has 0 aliphatic rings. The maximum atomic E-state index is 11.3. The molecule has 0 saturated heterocycles. The number of nitrogens with one attached hydrogen (secondary N) is 2. The highest BCUT2D eigenvalue weighted by molar-refractivity contribution is 7.92. The molecule has 0 aromatic rings. The Hall–Kier alpha value is -1.68. The third-order valence-electron chi connectivity index (χ3n) is 2.12. The highest BCUT2D eigenvalue weighted by Crippen LogP contribution is 2.04. The number of amides is 2. The van der Waals surface area contributed by atoms with Gasteiger partial charge in [0.2, 0.25) is 11.8 Å². The summed E-state index contributed by atoms with van der Waals surface area (Å²) >= 11 is 0. The Morgan fingerprint density at radius 2 is 1.79 bits per heavy atom. The molecule has 0 aromatic heterocycles. The van der Waals surface area contributed by atoms with E-state index in [9.17, 15) is 22.8 Å². The number of nitrogens with two attached hydrogens (primary N) is 1. The fourth-order valence-electron chi connectivity index (χ4n) is 1.05. The van der Waals surface area contributed by atoms with Crippen molar-refractivity contribution < 1.29 is 27.9 Å². The zero-order valence-corrected chi connectivity index (χ0v) is 11.4. The Kier molecular flexibility index (Phi) is 6.42. The van der Waals surface area contributed by atoms with Gasteiger partial charge in [0.15, 0.2) is 15.1 Å². The van der Waals surface area contributed by atoms with Crippen LogP contribution in [0.3, 0.4) is 0 Å². The number of hydrogen-bond acceptors (Lipinski definition) is 6. The van der Waals surface area contributed by atoms with Gasteiger partial charge in [-0.2, -0.15) is 0 Å². The van der Waals surface area contributed by atoms with Crippen molar-refractivity contribution in [3.05, 3.63) is 0 Å². The van der Waals surface area contributed by atoms with E-state index >= 15 is 0 Å². The topological polar surface area (TPSA) is 156 Å². The molecule has 0 aliphatic heterocycles. The molecule has 0 fully saturated rings. The molecule has 0 aliphatic carbocycles. The summed E-state index contributed by atoms with van der Waals surface area (Å²) in [7, 11) is -3.88. The lowest BCUT2D eigenvalue weighted by Gasteiger charge is -2.12. The zero-order valence-electron chi connectivity index (χ0n) is 10.5. The molecule has 0 aromatic carbocycles. The van der Waals surface area contributed by atoms with Gasteiger partial charge in [0.1, 0.15) is 0 Å². The van der Waals surface area contributed by atoms with Crippen molar-refractivity contribution in [3.63, 3.8) is 0 Å². The van der Waals surface area contributed by atoms with Crippen LogP contribution in [0.1, 0.15) is 13.3 Å². The first-order valence-electron chi connectivity index (χ1n) is 5.27. The number of sulfone groups is 1. The summed E-state index contributed by atoms with van der Waals surface area (Å²) in [5.74, 6) is -2.90. The van der Waals surface area contributed by atoms with Crippen LogP contribution in [0, 0.1) is 0 Å². The molecule has 10 heteroatoms. The highest BCUT2D eigenvalue weighted by atomic mass is 32.2. The smallest absolute Gasteiger partial charge is 0.322 e. The van der Waals surface area contributed by atoms with Gasteiger partial charge in [-0.1, -0.05) is 0 Å². The maximum Gasteiger partial charge on any atom is 0.322 e. The second-order valence-corrected chi connectivity index (χ2v) is 6.20. The van der Waals surface area contributed by atoms with E-state index in [1.165, 1.54) is 6.92 Å². The largest absolute Gasteiger partial charge is 0.480 e. The lowest BCUT2D eigenvalue weighted by Crippen LogP contribution is -2.45. The first-order valence-corrected chi connectivity index (χ1v) is 7.22. The van der Waals surface area contributed by atoms with E-state index in [1.54, 1.807) is 0 Å². The van der Waals surface area contributed by atoms with Gasteiger partial charge in [-0.15, -0.1) is 0 Å². The van der Waals surface area contributed by atoms with Crippen molar-refractivity contribution in [1.29, 1.82) is 0 Å². The summed E-state index contributed by atoms with van der Waals surface area (Å²) in [6.07, 6.45) is 0.0131. The lowest BCUT2D eigenvalue weighted by molar-refractivity contribution is -0.138. The summed E-state index contributed by atoms with van der Waals surface area (Å²) in [5, 5.41) is 11.3. The normalized spacial score (nSPS) is 14.3. The summed E-state index contributed by atoms with van der Waals surface area (Å²) < 4.78 is 22.3. The minimum atomic E-state index is -3.88. The van der Waals surface area contributed by atoms with Crippen molar-refractivity contribution in [2.24, 2.45) is 5.73 Å². The highest BCUT2D eigenvalue weighted by Gasteiger charge is 2.30. The van der Waals surface area contributed by atoms with Crippen LogP contribution in [-0.4, -0.2) is 55.5 Å². The molecule has 2 atom stereocenters. The van der Waals surface area contributed by atoms with Gasteiger partial charge in [0, 0.05) is 6.26 Å². The number of carbonyl (C=O) groups excluding carboxylic acids is 2. The third-order valence-corrected chi connectivity index (χ3v) is 3.53. The number of carboxylic acid groups (broad SMARTS) is 1. The molecule has 9 nitrogen and oxygen atoms in total. The van der Waals surface area contributed by atoms with Crippen LogP contribution in [0.4, 0.5) is 0 Å². The van der Waals surface area contributed by atoms with Gasteiger partial charge in [-0.25, -0.2) is 8.42 Å². The van der Waals surface area contributed by atoms with Gasteiger partial charge < -0.3 is 21.5 Å². The van der Waals surface area contributed by atoms with E-state index in [4.69, 9.17) is 10.8 Å². The monoisotopic (exact) mass is 295 g/mol. The Morgan fingerprint density at radius 1 is 1.26 bits per heavy atom.